The summed E-state index contributed by atoms with van der Waals surface area (Å²) in [7, 11) is 1.34. The Kier molecular flexibility index (Phi) is 5.53. The first kappa shape index (κ1) is 17.2. The van der Waals surface area contributed by atoms with Crippen LogP contribution in [0.4, 0.5) is 5.69 Å². The third-order valence-electron chi connectivity index (χ3n) is 4.45. The maximum Gasteiger partial charge on any atom is 0.337 e. The predicted molar refractivity (Wildman–Crippen MR) is 84.2 cm³/mol. The number of carbonyl (C=O) groups excluding carboxylic acids is 2. The Hall–Kier alpha value is -1.84. The molecule has 0 spiro atoms. The number of nitrogens with one attached hydrogen (secondary N) is 1. The number of benzene rings is 1. The third-order valence-corrected chi connectivity index (χ3v) is 4.45. The number of hydrogen-bond donors (Lipinski definition) is 1. The van der Waals surface area contributed by atoms with Gasteiger partial charge in [0, 0.05) is 5.69 Å². The molecular weight excluding hydrogens is 266 g/mol. The highest BCUT2D eigenvalue weighted by Crippen LogP contribution is 2.36. The summed E-state index contributed by atoms with van der Waals surface area (Å²) in [6, 6.07) is 6.71. The second-order valence-electron chi connectivity index (χ2n) is 6.12. The molecule has 0 unspecified atom stereocenters. The molecule has 0 aliphatic rings. The van der Waals surface area contributed by atoms with Gasteiger partial charge < -0.3 is 10.1 Å². The maximum absolute atomic E-state index is 12.6. The highest BCUT2D eigenvalue weighted by molar-refractivity contribution is 5.96. The molecule has 1 rings (SSSR count). The van der Waals surface area contributed by atoms with Crippen LogP contribution in [0.3, 0.4) is 0 Å². The third kappa shape index (κ3) is 3.63. The summed E-state index contributed by atoms with van der Waals surface area (Å²) in [5, 5.41) is 2.94. The molecule has 0 bridgehead atoms. The van der Waals surface area contributed by atoms with Gasteiger partial charge in [0.25, 0.3) is 0 Å². The Morgan fingerprint density at radius 2 is 1.52 bits per heavy atom. The van der Waals surface area contributed by atoms with Crippen molar-refractivity contribution < 1.29 is 14.3 Å². The van der Waals surface area contributed by atoms with Crippen LogP contribution in [0.1, 0.15) is 45.0 Å². The van der Waals surface area contributed by atoms with Crippen LogP contribution < -0.4 is 5.32 Å². The van der Waals surface area contributed by atoms with Crippen molar-refractivity contribution in [2.24, 2.45) is 17.3 Å². The van der Waals surface area contributed by atoms with Crippen molar-refractivity contribution in [2.45, 2.75) is 34.6 Å². The van der Waals surface area contributed by atoms with Crippen LogP contribution in [-0.4, -0.2) is 19.0 Å². The monoisotopic (exact) mass is 291 g/mol. The lowest BCUT2D eigenvalue weighted by molar-refractivity contribution is -0.129. The molecule has 1 aromatic rings. The largest absolute Gasteiger partial charge is 0.465 e. The molecule has 4 nitrogen and oxygen atoms in total. The number of rotatable bonds is 5. The number of ether oxygens (including phenoxy) is 1. The number of anilines is 1. The summed E-state index contributed by atoms with van der Waals surface area (Å²) in [5.74, 6) is 0.0686. The van der Waals surface area contributed by atoms with E-state index < -0.39 is 5.41 Å². The van der Waals surface area contributed by atoms with E-state index in [1.165, 1.54) is 7.11 Å². The zero-order valence-corrected chi connectivity index (χ0v) is 13.7. The van der Waals surface area contributed by atoms with E-state index in [1.807, 2.05) is 6.92 Å². The summed E-state index contributed by atoms with van der Waals surface area (Å²) < 4.78 is 4.65. The van der Waals surface area contributed by atoms with Crippen LogP contribution in [0.15, 0.2) is 24.3 Å². The molecule has 0 aliphatic heterocycles. The Balaban J connectivity index is 2.90. The molecular formula is C17H25NO3. The number of amides is 1. The van der Waals surface area contributed by atoms with Crippen LogP contribution in [0.25, 0.3) is 0 Å². The lowest BCUT2D eigenvalue weighted by Gasteiger charge is -2.36. The fourth-order valence-electron chi connectivity index (χ4n) is 2.26. The van der Waals surface area contributed by atoms with Crippen LogP contribution in [0, 0.1) is 17.3 Å². The lowest BCUT2D eigenvalue weighted by atomic mass is 9.70. The van der Waals surface area contributed by atoms with Gasteiger partial charge in [-0.15, -0.1) is 0 Å². The van der Waals surface area contributed by atoms with Gasteiger partial charge >= 0.3 is 5.97 Å². The van der Waals surface area contributed by atoms with E-state index in [4.69, 9.17) is 0 Å². The number of hydrogen-bond acceptors (Lipinski definition) is 3. The smallest absolute Gasteiger partial charge is 0.337 e. The molecule has 0 saturated carbocycles. The number of methoxy groups -OCH3 is 1. The van der Waals surface area contributed by atoms with Crippen molar-refractivity contribution in [1.29, 1.82) is 0 Å². The number of esters is 1. The first-order valence-electron chi connectivity index (χ1n) is 7.23. The van der Waals surface area contributed by atoms with E-state index >= 15 is 0 Å². The van der Waals surface area contributed by atoms with Crippen molar-refractivity contribution in [3.63, 3.8) is 0 Å². The fraction of sp³-hybridized carbons (Fsp3) is 0.529. The van der Waals surface area contributed by atoms with Crippen LogP contribution in [0.5, 0.6) is 0 Å². The van der Waals surface area contributed by atoms with Gasteiger partial charge in [-0.2, -0.15) is 0 Å². The lowest BCUT2D eigenvalue weighted by Crippen LogP contribution is -2.42. The average Bonchev–Trinajstić information content (AvgIpc) is 2.45. The molecule has 0 saturated heterocycles. The SMILES string of the molecule is COC(=O)c1ccc(NC(=O)C(C)(C(C)C)C(C)C)cc1. The quantitative estimate of drug-likeness (QED) is 0.841. The normalized spacial score (nSPS) is 11.6. The summed E-state index contributed by atoms with van der Waals surface area (Å²) >= 11 is 0. The van der Waals surface area contributed by atoms with E-state index in [0.717, 1.165) is 0 Å². The Bertz CT molecular complexity index is 495. The standard InChI is InChI=1S/C17H25NO3/c1-11(2)17(5,12(3)4)16(20)18-14-9-7-13(8-10-14)15(19)21-6/h7-12H,1-6H3,(H,18,20). The maximum atomic E-state index is 12.6. The fourth-order valence-corrected chi connectivity index (χ4v) is 2.26. The molecule has 0 aliphatic carbocycles. The first-order chi connectivity index (χ1) is 9.73. The van der Waals surface area contributed by atoms with Gasteiger partial charge in [0.15, 0.2) is 0 Å². The minimum absolute atomic E-state index is 0.00156. The van der Waals surface area contributed by atoms with Crippen molar-refractivity contribution in [2.75, 3.05) is 12.4 Å². The second-order valence-corrected chi connectivity index (χ2v) is 6.12. The molecule has 116 valence electrons. The van der Waals surface area contributed by atoms with Gasteiger partial charge in [0.05, 0.1) is 18.1 Å². The zero-order chi connectivity index (χ0) is 16.2. The van der Waals surface area contributed by atoms with Gasteiger partial charge in [-0.1, -0.05) is 34.6 Å². The first-order valence-corrected chi connectivity index (χ1v) is 7.23. The Morgan fingerprint density at radius 3 is 1.90 bits per heavy atom. The summed E-state index contributed by atoms with van der Waals surface area (Å²) in [4.78, 5) is 24.0. The summed E-state index contributed by atoms with van der Waals surface area (Å²) in [6.45, 7) is 10.2. The highest BCUT2D eigenvalue weighted by atomic mass is 16.5. The van der Waals surface area contributed by atoms with Crippen molar-refractivity contribution in [1.82, 2.24) is 0 Å². The molecule has 1 amide bonds. The molecule has 0 aromatic heterocycles. The molecule has 4 heteroatoms. The second kappa shape index (κ2) is 6.74. The van der Waals surface area contributed by atoms with Crippen molar-refractivity contribution >= 4 is 17.6 Å². The molecule has 0 fully saturated rings. The van der Waals surface area contributed by atoms with E-state index in [1.54, 1.807) is 24.3 Å². The average molecular weight is 291 g/mol. The molecule has 0 atom stereocenters. The number of carbonyl (C=O) groups is 2. The Morgan fingerprint density at radius 1 is 1.05 bits per heavy atom. The highest BCUT2D eigenvalue weighted by Gasteiger charge is 2.39. The van der Waals surface area contributed by atoms with Gasteiger partial charge in [-0.25, -0.2) is 4.79 Å². The van der Waals surface area contributed by atoms with E-state index in [2.05, 4.69) is 37.7 Å². The zero-order valence-electron chi connectivity index (χ0n) is 13.7. The minimum Gasteiger partial charge on any atom is -0.465 e. The molecule has 1 aromatic carbocycles. The molecule has 0 radical (unpaired) electrons. The molecule has 0 heterocycles. The predicted octanol–water partition coefficient (Wildman–Crippen LogP) is 3.73. The van der Waals surface area contributed by atoms with E-state index in [-0.39, 0.29) is 23.7 Å². The molecule has 1 N–H and O–H groups in total. The van der Waals surface area contributed by atoms with Gasteiger partial charge in [0.2, 0.25) is 5.91 Å². The minimum atomic E-state index is -0.443. The van der Waals surface area contributed by atoms with E-state index in [0.29, 0.717) is 11.3 Å². The van der Waals surface area contributed by atoms with Crippen LogP contribution in [-0.2, 0) is 9.53 Å². The Labute approximate surface area is 126 Å². The van der Waals surface area contributed by atoms with Crippen LogP contribution in [0.2, 0.25) is 0 Å². The van der Waals surface area contributed by atoms with Gasteiger partial charge in [-0.05, 0) is 36.1 Å². The van der Waals surface area contributed by atoms with E-state index in [9.17, 15) is 9.59 Å². The topological polar surface area (TPSA) is 55.4 Å². The van der Waals surface area contributed by atoms with Gasteiger partial charge in [0.1, 0.15) is 0 Å². The summed E-state index contributed by atoms with van der Waals surface area (Å²) in [6.07, 6.45) is 0. The molecule has 21 heavy (non-hydrogen) atoms. The van der Waals surface area contributed by atoms with Crippen molar-refractivity contribution in [3.05, 3.63) is 29.8 Å². The van der Waals surface area contributed by atoms with Crippen LogP contribution >= 0.6 is 0 Å². The summed E-state index contributed by atoms with van der Waals surface area (Å²) in [5.41, 5.74) is 0.701. The van der Waals surface area contributed by atoms with Gasteiger partial charge in [-0.3, -0.25) is 4.79 Å². The van der Waals surface area contributed by atoms with Crippen molar-refractivity contribution in [3.8, 4) is 0 Å².